The van der Waals surface area contributed by atoms with Crippen molar-refractivity contribution in [3.8, 4) is 6.07 Å². The number of benzene rings is 2. The molecule has 1 aromatic heterocycles. The Bertz CT molecular complexity index is 829. The third-order valence-electron chi connectivity index (χ3n) is 3.13. The van der Waals surface area contributed by atoms with Crippen LogP contribution in [0.25, 0.3) is 11.0 Å². The van der Waals surface area contributed by atoms with Gasteiger partial charge in [-0.2, -0.15) is 5.26 Å². The lowest BCUT2D eigenvalue weighted by Crippen LogP contribution is -1.94. The molecule has 98 valence electrons. The van der Waals surface area contributed by atoms with Crippen molar-refractivity contribution in [1.29, 1.82) is 5.26 Å². The molecule has 5 heteroatoms. The molecule has 3 rings (SSSR count). The molecule has 0 aliphatic carbocycles. The Kier molecular flexibility index (Phi) is 3.05. The standard InChI is InChI=1S/C15H11ClN4/c1-9-11(16)3-2-4-12(9)18-15-19-13-6-5-10(8-17)7-14(13)20-15/h2-7H,1H3,(H2,18,19,20). The molecule has 0 aliphatic rings. The predicted octanol–water partition coefficient (Wildman–Crippen LogP) is 4.14. The molecule has 3 aromatic rings. The Morgan fingerprint density at radius 1 is 1.30 bits per heavy atom. The Labute approximate surface area is 121 Å². The van der Waals surface area contributed by atoms with E-state index in [9.17, 15) is 0 Å². The van der Waals surface area contributed by atoms with Gasteiger partial charge in [0.15, 0.2) is 0 Å². The van der Waals surface area contributed by atoms with E-state index in [0.29, 0.717) is 16.5 Å². The Balaban J connectivity index is 1.99. The van der Waals surface area contributed by atoms with Crippen LogP contribution in [0.1, 0.15) is 11.1 Å². The molecule has 1 heterocycles. The summed E-state index contributed by atoms with van der Waals surface area (Å²) < 4.78 is 0. The largest absolute Gasteiger partial charge is 0.325 e. The Morgan fingerprint density at radius 2 is 2.15 bits per heavy atom. The van der Waals surface area contributed by atoms with E-state index in [0.717, 1.165) is 22.3 Å². The highest BCUT2D eigenvalue weighted by atomic mass is 35.5. The van der Waals surface area contributed by atoms with E-state index in [-0.39, 0.29) is 0 Å². The number of hydrogen-bond donors (Lipinski definition) is 2. The summed E-state index contributed by atoms with van der Waals surface area (Å²) in [5.74, 6) is 0.625. The number of nitriles is 1. The maximum Gasteiger partial charge on any atom is 0.205 e. The molecular formula is C15H11ClN4. The fourth-order valence-electron chi connectivity index (χ4n) is 2.01. The van der Waals surface area contributed by atoms with Gasteiger partial charge in [-0.1, -0.05) is 17.7 Å². The van der Waals surface area contributed by atoms with Crippen LogP contribution in [0.2, 0.25) is 5.02 Å². The van der Waals surface area contributed by atoms with Crippen LogP contribution in [0.15, 0.2) is 36.4 Å². The number of anilines is 2. The van der Waals surface area contributed by atoms with E-state index in [1.807, 2.05) is 31.2 Å². The SMILES string of the molecule is Cc1c(Cl)cccc1Nc1nc2ccc(C#N)cc2[nH]1. The van der Waals surface area contributed by atoms with Gasteiger partial charge in [0.1, 0.15) is 0 Å². The van der Waals surface area contributed by atoms with Crippen LogP contribution < -0.4 is 5.32 Å². The maximum absolute atomic E-state index is 8.89. The first kappa shape index (κ1) is 12.5. The number of aromatic nitrogens is 2. The van der Waals surface area contributed by atoms with Crippen molar-refractivity contribution in [2.45, 2.75) is 6.92 Å². The van der Waals surface area contributed by atoms with Crippen LogP contribution in [-0.2, 0) is 0 Å². The molecule has 0 atom stereocenters. The van der Waals surface area contributed by atoms with E-state index >= 15 is 0 Å². The zero-order valence-electron chi connectivity index (χ0n) is 10.7. The lowest BCUT2D eigenvalue weighted by Gasteiger charge is -2.07. The zero-order chi connectivity index (χ0) is 14.1. The average molecular weight is 283 g/mol. The van der Waals surface area contributed by atoms with Gasteiger partial charge >= 0.3 is 0 Å². The van der Waals surface area contributed by atoms with Crippen molar-refractivity contribution in [1.82, 2.24) is 9.97 Å². The van der Waals surface area contributed by atoms with Crippen LogP contribution in [0.3, 0.4) is 0 Å². The summed E-state index contributed by atoms with van der Waals surface area (Å²) in [4.78, 5) is 7.58. The first-order chi connectivity index (χ1) is 9.67. The number of aromatic amines is 1. The van der Waals surface area contributed by atoms with E-state index in [2.05, 4.69) is 21.4 Å². The average Bonchev–Trinajstić information content (AvgIpc) is 2.85. The van der Waals surface area contributed by atoms with E-state index in [4.69, 9.17) is 16.9 Å². The molecule has 0 amide bonds. The first-order valence-electron chi connectivity index (χ1n) is 6.09. The number of nitrogens with zero attached hydrogens (tertiary/aromatic N) is 2. The number of fused-ring (bicyclic) bond motifs is 1. The van der Waals surface area contributed by atoms with Crippen molar-refractivity contribution >= 4 is 34.3 Å². The molecule has 0 bridgehead atoms. The second kappa shape index (κ2) is 4.87. The molecule has 0 unspecified atom stereocenters. The van der Waals surface area contributed by atoms with Crippen LogP contribution >= 0.6 is 11.6 Å². The maximum atomic E-state index is 8.89. The normalized spacial score (nSPS) is 10.4. The lowest BCUT2D eigenvalue weighted by molar-refractivity contribution is 1.29. The Morgan fingerprint density at radius 3 is 2.95 bits per heavy atom. The van der Waals surface area contributed by atoms with Gasteiger partial charge in [-0.05, 0) is 42.8 Å². The molecule has 0 fully saturated rings. The molecule has 0 saturated carbocycles. The number of nitrogens with one attached hydrogen (secondary N) is 2. The molecule has 2 N–H and O–H groups in total. The molecule has 0 radical (unpaired) electrons. The summed E-state index contributed by atoms with van der Waals surface area (Å²) in [7, 11) is 0. The summed E-state index contributed by atoms with van der Waals surface area (Å²) in [5, 5.41) is 12.8. The van der Waals surface area contributed by atoms with E-state index in [1.54, 1.807) is 12.1 Å². The van der Waals surface area contributed by atoms with Gasteiger partial charge in [0.2, 0.25) is 5.95 Å². The molecule has 4 nitrogen and oxygen atoms in total. The lowest BCUT2D eigenvalue weighted by atomic mass is 10.2. The summed E-state index contributed by atoms with van der Waals surface area (Å²) in [6.07, 6.45) is 0. The second-order valence-corrected chi connectivity index (χ2v) is 4.87. The van der Waals surface area contributed by atoms with Crippen molar-refractivity contribution in [3.63, 3.8) is 0 Å². The number of H-pyrrole nitrogens is 1. The van der Waals surface area contributed by atoms with Gasteiger partial charge in [0.25, 0.3) is 0 Å². The smallest absolute Gasteiger partial charge is 0.205 e. The van der Waals surface area contributed by atoms with Crippen molar-refractivity contribution in [2.75, 3.05) is 5.32 Å². The van der Waals surface area contributed by atoms with Crippen molar-refractivity contribution < 1.29 is 0 Å². The molecule has 20 heavy (non-hydrogen) atoms. The number of imidazole rings is 1. The van der Waals surface area contributed by atoms with Gasteiger partial charge in [0, 0.05) is 10.7 Å². The van der Waals surface area contributed by atoms with Gasteiger partial charge in [-0.3, -0.25) is 0 Å². The highest BCUT2D eigenvalue weighted by Crippen LogP contribution is 2.26. The minimum atomic E-state index is 0.603. The highest BCUT2D eigenvalue weighted by Gasteiger charge is 2.06. The summed E-state index contributed by atoms with van der Waals surface area (Å²) in [5.41, 5.74) is 4.11. The fraction of sp³-hybridized carbons (Fsp3) is 0.0667. The second-order valence-electron chi connectivity index (χ2n) is 4.47. The van der Waals surface area contributed by atoms with Gasteiger partial charge < -0.3 is 10.3 Å². The number of hydrogen-bond acceptors (Lipinski definition) is 3. The minimum Gasteiger partial charge on any atom is -0.325 e. The zero-order valence-corrected chi connectivity index (χ0v) is 11.5. The van der Waals surface area contributed by atoms with Crippen LogP contribution in [0.4, 0.5) is 11.6 Å². The summed E-state index contributed by atoms with van der Waals surface area (Å²) >= 11 is 6.09. The molecule has 0 aliphatic heterocycles. The predicted molar refractivity (Wildman–Crippen MR) is 80.3 cm³/mol. The summed E-state index contributed by atoms with van der Waals surface area (Å²) in [6, 6.07) is 13.1. The fourth-order valence-corrected chi connectivity index (χ4v) is 2.18. The molecular weight excluding hydrogens is 272 g/mol. The third-order valence-corrected chi connectivity index (χ3v) is 3.54. The van der Waals surface area contributed by atoms with Gasteiger partial charge in [-0.25, -0.2) is 4.98 Å². The van der Waals surface area contributed by atoms with E-state index < -0.39 is 0 Å². The van der Waals surface area contributed by atoms with Gasteiger partial charge in [-0.15, -0.1) is 0 Å². The third kappa shape index (κ3) is 2.20. The number of rotatable bonds is 2. The molecule has 0 saturated heterocycles. The van der Waals surface area contributed by atoms with E-state index in [1.165, 1.54) is 0 Å². The minimum absolute atomic E-state index is 0.603. The first-order valence-corrected chi connectivity index (χ1v) is 6.47. The number of halogens is 1. The highest BCUT2D eigenvalue weighted by molar-refractivity contribution is 6.31. The van der Waals surface area contributed by atoms with Crippen molar-refractivity contribution in [2.24, 2.45) is 0 Å². The van der Waals surface area contributed by atoms with Crippen LogP contribution in [-0.4, -0.2) is 9.97 Å². The monoisotopic (exact) mass is 282 g/mol. The summed E-state index contributed by atoms with van der Waals surface area (Å²) in [6.45, 7) is 1.95. The van der Waals surface area contributed by atoms with Crippen molar-refractivity contribution in [3.05, 3.63) is 52.5 Å². The van der Waals surface area contributed by atoms with Crippen LogP contribution in [0, 0.1) is 18.3 Å². The topological polar surface area (TPSA) is 64.5 Å². The quantitative estimate of drug-likeness (QED) is 0.742. The molecule has 2 aromatic carbocycles. The molecule has 0 spiro atoms. The van der Waals surface area contributed by atoms with Crippen LogP contribution in [0.5, 0.6) is 0 Å². The Hall–Kier alpha value is -2.51. The van der Waals surface area contributed by atoms with Gasteiger partial charge in [0.05, 0.1) is 22.7 Å².